The molecular formula is C10H12FNO4S. The van der Waals surface area contributed by atoms with E-state index in [9.17, 15) is 17.6 Å². The molecule has 0 aliphatic heterocycles. The van der Waals surface area contributed by atoms with E-state index in [1.807, 2.05) is 0 Å². The van der Waals surface area contributed by atoms with Crippen molar-refractivity contribution < 1.29 is 21.8 Å². The van der Waals surface area contributed by atoms with E-state index in [1.165, 1.54) is 24.3 Å². The van der Waals surface area contributed by atoms with Gasteiger partial charge in [0.1, 0.15) is 5.82 Å². The van der Waals surface area contributed by atoms with Crippen LogP contribution in [0.3, 0.4) is 0 Å². The number of hydrogen-bond donors (Lipinski definition) is 1. The van der Waals surface area contributed by atoms with E-state index in [2.05, 4.69) is 9.50 Å². The van der Waals surface area contributed by atoms with Gasteiger partial charge in [0.15, 0.2) is 0 Å². The van der Waals surface area contributed by atoms with Gasteiger partial charge in [-0.1, -0.05) is 0 Å². The number of amides is 1. The van der Waals surface area contributed by atoms with Crippen molar-refractivity contribution in [1.82, 2.24) is 5.32 Å². The highest BCUT2D eigenvalue weighted by Gasteiger charge is 2.06. The largest absolute Gasteiger partial charge is 0.350 e. The van der Waals surface area contributed by atoms with Crippen molar-refractivity contribution in [2.75, 3.05) is 19.4 Å². The fourth-order valence-electron chi connectivity index (χ4n) is 1.06. The first-order valence-electron chi connectivity index (χ1n) is 4.76. The van der Waals surface area contributed by atoms with Gasteiger partial charge in [0, 0.05) is 12.1 Å². The molecule has 5 nitrogen and oxygen atoms in total. The first-order valence-corrected chi connectivity index (χ1v) is 6.58. The van der Waals surface area contributed by atoms with Crippen LogP contribution in [0.4, 0.5) is 4.39 Å². The third-order valence-electron chi connectivity index (χ3n) is 1.79. The summed E-state index contributed by atoms with van der Waals surface area (Å²) < 4.78 is 38.2. The summed E-state index contributed by atoms with van der Waals surface area (Å²) in [6.45, 7) is -0.0744. The molecule has 0 aliphatic rings. The minimum absolute atomic E-state index is 0.0588. The Balaban J connectivity index is 2.38. The molecule has 0 fully saturated rings. The molecule has 0 saturated carbocycles. The lowest BCUT2D eigenvalue weighted by atomic mass is 10.2. The zero-order valence-electron chi connectivity index (χ0n) is 9.14. The minimum atomic E-state index is -3.49. The van der Waals surface area contributed by atoms with Gasteiger partial charge >= 0.3 is 0 Å². The number of halogens is 1. The summed E-state index contributed by atoms with van der Waals surface area (Å²) in [5, 5.41) is 2.44. The highest BCUT2D eigenvalue weighted by molar-refractivity contribution is 7.85. The molecule has 1 aromatic rings. The molecule has 0 bridgehead atoms. The molecule has 0 radical (unpaired) electrons. The van der Waals surface area contributed by atoms with Crippen molar-refractivity contribution in [2.24, 2.45) is 0 Å². The summed E-state index contributed by atoms with van der Waals surface area (Å²) in [6.07, 6.45) is 0.925. The Kier molecular flexibility index (Phi) is 4.59. The summed E-state index contributed by atoms with van der Waals surface area (Å²) >= 11 is 0. The molecule has 0 aliphatic carbocycles. The maximum Gasteiger partial charge on any atom is 0.264 e. The van der Waals surface area contributed by atoms with Gasteiger partial charge in [-0.05, 0) is 24.3 Å². The Morgan fingerprint density at radius 2 is 1.94 bits per heavy atom. The van der Waals surface area contributed by atoms with Crippen LogP contribution in [0.1, 0.15) is 10.4 Å². The highest BCUT2D eigenvalue weighted by Crippen LogP contribution is 2.02. The van der Waals surface area contributed by atoms with Gasteiger partial charge in [0.25, 0.3) is 16.0 Å². The lowest BCUT2D eigenvalue weighted by Crippen LogP contribution is -2.27. The third kappa shape index (κ3) is 5.41. The van der Waals surface area contributed by atoms with Crippen molar-refractivity contribution >= 4 is 16.0 Å². The number of carbonyl (C=O) groups is 1. The predicted molar refractivity (Wildman–Crippen MR) is 59.5 cm³/mol. The minimum Gasteiger partial charge on any atom is -0.350 e. The molecule has 94 valence electrons. The fourth-order valence-corrected chi connectivity index (χ4v) is 1.45. The molecule has 1 aromatic carbocycles. The molecule has 0 heterocycles. The number of benzene rings is 1. The van der Waals surface area contributed by atoms with Crippen molar-refractivity contribution in [1.29, 1.82) is 0 Å². The Labute approximate surface area is 98.7 Å². The first-order chi connectivity index (χ1) is 7.88. The van der Waals surface area contributed by atoms with E-state index in [4.69, 9.17) is 0 Å². The molecular weight excluding hydrogens is 249 g/mol. The topological polar surface area (TPSA) is 72.5 Å². The zero-order valence-corrected chi connectivity index (χ0v) is 9.96. The van der Waals surface area contributed by atoms with Crippen LogP contribution in [0, 0.1) is 5.82 Å². The SMILES string of the molecule is CS(=O)(=O)OCCNC(=O)c1ccc(F)cc1. The summed E-state index contributed by atoms with van der Waals surface area (Å²) in [4.78, 5) is 11.4. The van der Waals surface area contributed by atoms with Crippen molar-refractivity contribution in [3.63, 3.8) is 0 Å². The maximum atomic E-state index is 12.6. The van der Waals surface area contributed by atoms with E-state index < -0.39 is 21.8 Å². The Morgan fingerprint density at radius 1 is 1.35 bits per heavy atom. The highest BCUT2D eigenvalue weighted by atomic mass is 32.2. The van der Waals surface area contributed by atoms with Crippen LogP contribution in [-0.2, 0) is 14.3 Å². The van der Waals surface area contributed by atoms with Gasteiger partial charge < -0.3 is 5.32 Å². The molecule has 0 atom stereocenters. The van der Waals surface area contributed by atoms with E-state index in [-0.39, 0.29) is 13.2 Å². The average Bonchev–Trinajstić information content (AvgIpc) is 2.24. The summed E-state index contributed by atoms with van der Waals surface area (Å²) in [5.41, 5.74) is 0.297. The van der Waals surface area contributed by atoms with Gasteiger partial charge in [-0.2, -0.15) is 8.42 Å². The van der Waals surface area contributed by atoms with Gasteiger partial charge in [-0.25, -0.2) is 4.39 Å². The van der Waals surface area contributed by atoms with Crippen LogP contribution in [-0.4, -0.2) is 33.7 Å². The van der Waals surface area contributed by atoms with Crippen LogP contribution in [0.5, 0.6) is 0 Å². The van der Waals surface area contributed by atoms with Crippen LogP contribution >= 0.6 is 0 Å². The van der Waals surface area contributed by atoms with Gasteiger partial charge in [0.05, 0.1) is 12.9 Å². The van der Waals surface area contributed by atoms with Crippen LogP contribution < -0.4 is 5.32 Å². The second-order valence-corrected chi connectivity index (χ2v) is 4.93. The summed E-state index contributed by atoms with van der Waals surface area (Å²) in [6, 6.07) is 5.01. The van der Waals surface area contributed by atoms with Crippen LogP contribution in [0.25, 0.3) is 0 Å². The Bertz CT molecular complexity index is 484. The number of hydrogen-bond acceptors (Lipinski definition) is 4. The molecule has 1 amide bonds. The molecule has 0 unspecified atom stereocenters. The summed E-state index contributed by atoms with van der Waals surface area (Å²) in [5.74, 6) is -0.843. The third-order valence-corrected chi connectivity index (χ3v) is 2.39. The molecule has 1 N–H and O–H groups in total. The molecule has 0 spiro atoms. The lowest BCUT2D eigenvalue weighted by Gasteiger charge is -2.04. The number of rotatable bonds is 5. The van der Waals surface area contributed by atoms with Gasteiger partial charge in [-0.15, -0.1) is 0 Å². The fraction of sp³-hybridized carbons (Fsp3) is 0.300. The number of nitrogens with one attached hydrogen (secondary N) is 1. The summed E-state index contributed by atoms with van der Waals surface area (Å²) in [7, 11) is -3.49. The zero-order chi connectivity index (χ0) is 12.9. The van der Waals surface area contributed by atoms with E-state index >= 15 is 0 Å². The van der Waals surface area contributed by atoms with Crippen LogP contribution in [0.2, 0.25) is 0 Å². The predicted octanol–water partition coefficient (Wildman–Crippen LogP) is 0.532. The standard InChI is InChI=1S/C10H12FNO4S/c1-17(14,15)16-7-6-12-10(13)8-2-4-9(11)5-3-8/h2-5H,6-7H2,1H3,(H,12,13). The van der Waals surface area contributed by atoms with Crippen molar-refractivity contribution in [2.45, 2.75) is 0 Å². The average molecular weight is 261 g/mol. The normalized spacial score (nSPS) is 11.2. The van der Waals surface area contributed by atoms with Crippen LogP contribution in [0.15, 0.2) is 24.3 Å². The lowest BCUT2D eigenvalue weighted by molar-refractivity contribution is 0.0947. The monoisotopic (exact) mass is 261 g/mol. The molecule has 7 heteroatoms. The van der Waals surface area contributed by atoms with E-state index in [0.29, 0.717) is 5.56 Å². The van der Waals surface area contributed by atoms with Gasteiger partial charge in [0.2, 0.25) is 0 Å². The quantitative estimate of drug-likeness (QED) is 0.620. The second-order valence-electron chi connectivity index (χ2n) is 3.29. The first kappa shape index (κ1) is 13.6. The molecule has 0 aromatic heterocycles. The van der Waals surface area contributed by atoms with E-state index in [0.717, 1.165) is 6.26 Å². The molecule has 1 rings (SSSR count). The maximum absolute atomic E-state index is 12.6. The Hall–Kier alpha value is -1.47. The Morgan fingerprint density at radius 3 is 2.47 bits per heavy atom. The molecule has 17 heavy (non-hydrogen) atoms. The van der Waals surface area contributed by atoms with Crippen molar-refractivity contribution in [3.8, 4) is 0 Å². The second kappa shape index (κ2) is 5.74. The number of carbonyl (C=O) groups excluding carboxylic acids is 1. The smallest absolute Gasteiger partial charge is 0.264 e. The van der Waals surface area contributed by atoms with E-state index in [1.54, 1.807) is 0 Å². The van der Waals surface area contributed by atoms with Crippen molar-refractivity contribution in [3.05, 3.63) is 35.6 Å². The van der Waals surface area contributed by atoms with Gasteiger partial charge in [-0.3, -0.25) is 8.98 Å². The molecule has 0 saturated heterocycles.